The molecule has 0 aliphatic carbocycles. The first-order chi connectivity index (χ1) is 11.5. The predicted octanol–water partition coefficient (Wildman–Crippen LogP) is 3.18. The van der Waals surface area contributed by atoms with Crippen molar-refractivity contribution in [3.05, 3.63) is 54.1 Å². The quantitative estimate of drug-likeness (QED) is 0.906. The van der Waals surface area contributed by atoms with E-state index >= 15 is 0 Å². The summed E-state index contributed by atoms with van der Waals surface area (Å²) in [5.74, 6) is 0.0831. The summed E-state index contributed by atoms with van der Waals surface area (Å²) in [5.41, 5.74) is 2.42. The van der Waals surface area contributed by atoms with Crippen LogP contribution < -0.4 is 9.62 Å². The lowest BCUT2D eigenvalue weighted by atomic mass is 10.2. The lowest BCUT2D eigenvalue weighted by molar-refractivity contribution is -0.117. The Morgan fingerprint density at radius 2 is 1.71 bits per heavy atom. The van der Waals surface area contributed by atoms with E-state index < -0.39 is 10.0 Å². The van der Waals surface area contributed by atoms with Crippen LogP contribution in [0.5, 0.6) is 0 Å². The highest BCUT2D eigenvalue weighted by Gasteiger charge is 2.22. The Balaban J connectivity index is 1.77. The number of hydrogen-bond acceptors (Lipinski definition) is 3. The van der Waals surface area contributed by atoms with Gasteiger partial charge in [-0.2, -0.15) is 0 Å². The molecule has 0 aromatic heterocycles. The molecule has 3 rings (SSSR count). The van der Waals surface area contributed by atoms with Crippen molar-refractivity contribution >= 4 is 27.3 Å². The first kappa shape index (κ1) is 16.5. The van der Waals surface area contributed by atoms with Crippen LogP contribution in [0.15, 0.2) is 53.4 Å². The fraction of sp³-hybridized carbons (Fsp3) is 0.278. The van der Waals surface area contributed by atoms with Gasteiger partial charge < -0.3 is 4.90 Å². The summed E-state index contributed by atoms with van der Waals surface area (Å²) in [6.07, 6.45) is 2.30. The number of sulfonamides is 1. The van der Waals surface area contributed by atoms with Crippen LogP contribution >= 0.6 is 0 Å². The van der Waals surface area contributed by atoms with E-state index in [4.69, 9.17) is 0 Å². The summed E-state index contributed by atoms with van der Waals surface area (Å²) in [4.78, 5) is 13.6. The van der Waals surface area contributed by atoms with Crippen LogP contribution in [0.2, 0.25) is 0 Å². The third-order valence-corrected chi connectivity index (χ3v) is 5.54. The molecule has 1 aliphatic heterocycles. The molecular formula is C18H20N2O3S. The van der Waals surface area contributed by atoms with Crippen LogP contribution in [0.3, 0.4) is 0 Å². The van der Waals surface area contributed by atoms with Crippen LogP contribution in [-0.4, -0.2) is 20.9 Å². The Morgan fingerprint density at radius 1 is 1.04 bits per heavy atom. The van der Waals surface area contributed by atoms with E-state index in [9.17, 15) is 13.2 Å². The summed E-state index contributed by atoms with van der Waals surface area (Å²) in [6.45, 7) is 2.73. The molecule has 1 saturated heterocycles. The van der Waals surface area contributed by atoms with E-state index in [2.05, 4.69) is 4.72 Å². The van der Waals surface area contributed by atoms with Crippen molar-refractivity contribution in [1.82, 2.24) is 0 Å². The van der Waals surface area contributed by atoms with Gasteiger partial charge in [-0.25, -0.2) is 8.42 Å². The van der Waals surface area contributed by atoms with Crippen molar-refractivity contribution < 1.29 is 13.2 Å². The zero-order chi connectivity index (χ0) is 17.2. The largest absolute Gasteiger partial charge is 0.312 e. The molecule has 6 heteroatoms. The van der Waals surface area contributed by atoms with Crippen LogP contribution in [-0.2, 0) is 21.2 Å². The van der Waals surface area contributed by atoms with E-state index in [1.807, 2.05) is 19.1 Å². The number of nitrogens with one attached hydrogen (secondary N) is 1. The average Bonchev–Trinajstić information content (AvgIpc) is 3.01. The number of benzene rings is 2. The fourth-order valence-corrected chi connectivity index (χ4v) is 3.81. The Labute approximate surface area is 142 Å². The van der Waals surface area contributed by atoms with Crippen molar-refractivity contribution in [3.8, 4) is 0 Å². The molecule has 1 heterocycles. The second kappa shape index (κ2) is 6.65. The first-order valence-corrected chi connectivity index (χ1v) is 9.50. The molecule has 0 radical (unpaired) electrons. The second-order valence-corrected chi connectivity index (χ2v) is 7.48. The first-order valence-electron chi connectivity index (χ1n) is 8.02. The van der Waals surface area contributed by atoms with Crippen LogP contribution in [0, 0.1) is 0 Å². The molecule has 0 spiro atoms. The molecule has 0 saturated carbocycles. The minimum atomic E-state index is -3.64. The van der Waals surface area contributed by atoms with Crippen LogP contribution in [0.4, 0.5) is 11.4 Å². The van der Waals surface area contributed by atoms with Crippen molar-refractivity contribution in [3.63, 3.8) is 0 Å². The molecule has 1 aliphatic rings. The number of carbonyl (C=O) groups excluding carboxylic acids is 1. The van der Waals surface area contributed by atoms with Crippen molar-refractivity contribution in [2.75, 3.05) is 16.2 Å². The summed E-state index contributed by atoms with van der Waals surface area (Å²) in [7, 11) is -3.64. The Bertz CT molecular complexity index is 828. The van der Waals surface area contributed by atoms with E-state index in [1.165, 1.54) is 12.1 Å². The average molecular weight is 344 g/mol. The van der Waals surface area contributed by atoms with Gasteiger partial charge in [0.05, 0.1) is 4.90 Å². The lowest BCUT2D eigenvalue weighted by Gasteiger charge is -2.16. The molecule has 0 atom stereocenters. The number of hydrogen-bond donors (Lipinski definition) is 1. The third kappa shape index (κ3) is 3.43. The van der Waals surface area contributed by atoms with Crippen molar-refractivity contribution in [1.29, 1.82) is 0 Å². The van der Waals surface area contributed by atoms with Gasteiger partial charge in [0, 0.05) is 24.3 Å². The molecule has 1 fully saturated rings. The highest BCUT2D eigenvalue weighted by Crippen LogP contribution is 2.24. The Morgan fingerprint density at radius 3 is 2.25 bits per heavy atom. The molecule has 0 bridgehead atoms. The number of carbonyl (C=O) groups is 1. The molecule has 2 aromatic carbocycles. The summed E-state index contributed by atoms with van der Waals surface area (Å²) in [5, 5.41) is 0. The van der Waals surface area contributed by atoms with Gasteiger partial charge in [0.15, 0.2) is 0 Å². The Hall–Kier alpha value is -2.34. The number of amides is 1. The summed E-state index contributed by atoms with van der Waals surface area (Å²) in [6, 6.07) is 13.7. The SMILES string of the molecule is CCc1ccc(NS(=O)(=O)c2ccc(N3CCCC3=O)cc2)cc1. The Kier molecular flexibility index (Phi) is 4.57. The van der Waals surface area contributed by atoms with E-state index in [-0.39, 0.29) is 10.8 Å². The predicted molar refractivity (Wildman–Crippen MR) is 94.7 cm³/mol. The number of anilines is 2. The molecule has 24 heavy (non-hydrogen) atoms. The molecule has 1 N–H and O–H groups in total. The van der Waals surface area contributed by atoms with E-state index in [1.54, 1.807) is 29.2 Å². The highest BCUT2D eigenvalue weighted by atomic mass is 32.2. The zero-order valence-corrected chi connectivity index (χ0v) is 14.3. The van der Waals surface area contributed by atoms with E-state index in [0.717, 1.165) is 24.1 Å². The number of rotatable bonds is 5. The number of nitrogens with zero attached hydrogens (tertiary/aromatic N) is 1. The third-order valence-electron chi connectivity index (χ3n) is 4.15. The van der Waals surface area contributed by atoms with Gasteiger partial charge in [-0.15, -0.1) is 0 Å². The smallest absolute Gasteiger partial charge is 0.261 e. The van der Waals surface area contributed by atoms with Crippen molar-refractivity contribution in [2.24, 2.45) is 0 Å². The minimum Gasteiger partial charge on any atom is -0.312 e. The molecule has 0 unspecified atom stereocenters. The van der Waals surface area contributed by atoms with Crippen LogP contribution in [0.25, 0.3) is 0 Å². The standard InChI is InChI=1S/C18H20N2O3S/c1-2-14-5-7-15(8-6-14)19-24(22,23)17-11-9-16(10-12-17)20-13-3-4-18(20)21/h5-12,19H,2-4,13H2,1H3. The second-order valence-electron chi connectivity index (χ2n) is 5.80. The van der Waals surface area contributed by atoms with Gasteiger partial charge >= 0.3 is 0 Å². The van der Waals surface area contributed by atoms with Crippen molar-refractivity contribution in [2.45, 2.75) is 31.1 Å². The number of aryl methyl sites for hydroxylation is 1. The maximum absolute atomic E-state index is 12.5. The van der Waals surface area contributed by atoms with E-state index in [0.29, 0.717) is 18.7 Å². The monoisotopic (exact) mass is 344 g/mol. The topological polar surface area (TPSA) is 66.5 Å². The summed E-state index contributed by atoms with van der Waals surface area (Å²) < 4.78 is 27.5. The molecule has 126 valence electrons. The van der Waals surface area contributed by atoms with Gasteiger partial charge in [0.1, 0.15) is 0 Å². The van der Waals surface area contributed by atoms with Gasteiger partial charge in [0.25, 0.3) is 10.0 Å². The van der Waals surface area contributed by atoms with Gasteiger partial charge in [-0.3, -0.25) is 9.52 Å². The van der Waals surface area contributed by atoms with Gasteiger partial charge in [0.2, 0.25) is 5.91 Å². The van der Waals surface area contributed by atoms with Crippen LogP contribution in [0.1, 0.15) is 25.3 Å². The summed E-state index contributed by atoms with van der Waals surface area (Å²) >= 11 is 0. The maximum Gasteiger partial charge on any atom is 0.261 e. The zero-order valence-electron chi connectivity index (χ0n) is 13.5. The maximum atomic E-state index is 12.5. The molecule has 1 amide bonds. The molecule has 5 nitrogen and oxygen atoms in total. The fourth-order valence-electron chi connectivity index (χ4n) is 2.75. The lowest BCUT2D eigenvalue weighted by Crippen LogP contribution is -2.23. The van der Waals surface area contributed by atoms with Gasteiger partial charge in [-0.1, -0.05) is 19.1 Å². The minimum absolute atomic E-state index is 0.0831. The highest BCUT2D eigenvalue weighted by molar-refractivity contribution is 7.92. The molecule has 2 aromatic rings. The van der Waals surface area contributed by atoms with Gasteiger partial charge in [-0.05, 0) is 54.8 Å². The molecular weight excluding hydrogens is 324 g/mol. The normalized spacial score (nSPS) is 14.9.